The van der Waals surface area contributed by atoms with Crippen molar-refractivity contribution in [2.45, 2.75) is 12.5 Å². The molecule has 5 rings (SSSR count). The van der Waals surface area contributed by atoms with Crippen molar-refractivity contribution in [2.24, 2.45) is 0 Å². The van der Waals surface area contributed by atoms with Gasteiger partial charge in [0, 0.05) is 39.8 Å². The predicted molar refractivity (Wildman–Crippen MR) is 182 cm³/mol. The fraction of sp³-hybridized carbons (Fsp3) is 0.118. The zero-order valence-electron chi connectivity index (χ0n) is 24.2. The molecule has 0 spiro atoms. The number of halogens is 2. The summed E-state index contributed by atoms with van der Waals surface area (Å²) in [4.78, 5) is 52.1. The molecule has 5 aromatic rings. The third kappa shape index (κ3) is 8.32. The van der Waals surface area contributed by atoms with Gasteiger partial charge in [-0.3, -0.25) is 9.59 Å². The van der Waals surface area contributed by atoms with Crippen LogP contribution in [-0.2, 0) is 11.2 Å². The summed E-state index contributed by atoms with van der Waals surface area (Å²) >= 11 is 9.65. The van der Waals surface area contributed by atoms with Crippen molar-refractivity contribution in [3.05, 3.63) is 130 Å². The highest BCUT2D eigenvalue weighted by atomic mass is 79.9. The molecule has 46 heavy (non-hydrogen) atoms. The first kappa shape index (κ1) is 32.3. The maximum Gasteiger partial charge on any atom is 0.346 e. The molecule has 12 heteroatoms. The van der Waals surface area contributed by atoms with Crippen molar-refractivity contribution in [2.75, 3.05) is 27.9 Å². The summed E-state index contributed by atoms with van der Waals surface area (Å²) in [7, 11) is 0. The molecule has 0 radical (unpaired) electrons. The highest BCUT2D eigenvalue weighted by molar-refractivity contribution is 9.09. The molecule has 10 nitrogen and oxygen atoms in total. The van der Waals surface area contributed by atoms with Crippen molar-refractivity contribution in [3.63, 3.8) is 0 Å². The molecule has 4 N–H and O–H groups in total. The first-order valence-corrected chi connectivity index (χ1v) is 15.6. The van der Waals surface area contributed by atoms with Crippen LogP contribution in [0.2, 0.25) is 5.02 Å². The lowest BCUT2D eigenvalue weighted by molar-refractivity contribution is -0.118. The molecular weight excluding hydrogens is 676 g/mol. The Morgan fingerprint density at radius 3 is 2.20 bits per heavy atom. The zero-order valence-corrected chi connectivity index (χ0v) is 26.6. The van der Waals surface area contributed by atoms with Gasteiger partial charge in [-0.15, -0.1) is 0 Å². The first-order chi connectivity index (χ1) is 22.3. The van der Waals surface area contributed by atoms with E-state index in [0.29, 0.717) is 27.8 Å². The molecule has 1 aromatic heterocycles. The molecule has 0 aliphatic rings. The van der Waals surface area contributed by atoms with E-state index in [1.54, 1.807) is 54.6 Å². The van der Waals surface area contributed by atoms with Gasteiger partial charge in [0.25, 0.3) is 5.91 Å². The monoisotopic (exact) mass is 702 g/mol. The van der Waals surface area contributed by atoms with E-state index in [-0.39, 0.29) is 34.9 Å². The van der Waals surface area contributed by atoms with Crippen LogP contribution in [0.25, 0.3) is 10.8 Å². The van der Waals surface area contributed by atoms with E-state index >= 15 is 0 Å². The Hall–Kier alpha value is -5.13. The Morgan fingerprint density at radius 2 is 1.46 bits per heavy atom. The van der Waals surface area contributed by atoms with Crippen molar-refractivity contribution in [1.29, 1.82) is 0 Å². The number of benzene rings is 4. The normalized spacial score (nSPS) is 11.3. The van der Waals surface area contributed by atoms with Crippen LogP contribution < -0.4 is 31.6 Å². The Morgan fingerprint density at radius 1 is 0.783 bits per heavy atom. The summed E-state index contributed by atoms with van der Waals surface area (Å²) < 4.78 is 10.6. The highest BCUT2D eigenvalue weighted by Crippen LogP contribution is 2.32. The molecule has 0 saturated heterocycles. The van der Waals surface area contributed by atoms with Gasteiger partial charge in [-0.05, 0) is 48.0 Å². The van der Waals surface area contributed by atoms with Gasteiger partial charge >= 0.3 is 17.6 Å². The minimum atomic E-state index is -0.997. The molecule has 1 atom stereocenters. The molecule has 4 aromatic carbocycles. The minimum absolute atomic E-state index is 0.0860. The first-order valence-electron chi connectivity index (χ1n) is 14.1. The number of urea groups is 1. The molecule has 4 amide bonds. The maximum atomic E-state index is 13.6. The number of carbonyl (C=O) groups excluding carboxylic acids is 3. The Bertz CT molecular complexity index is 1920. The van der Waals surface area contributed by atoms with Crippen molar-refractivity contribution >= 4 is 73.2 Å². The number of carbonyl (C=O) groups is 3. The third-order valence-electron chi connectivity index (χ3n) is 6.74. The van der Waals surface area contributed by atoms with Crippen LogP contribution in [0.3, 0.4) is 0 Å². The fourth-order valence-electron chi connectivity index (χ4n) is 4.58. The number of nitrogens with one attached hydrogen (secondary N) is 4. The van der Waals surface area contributed by atoms with Crippen LogP contribution in [0.4, 0.5) is 21.9 Å². The standard InChI is InChI=1S/C34H28BrClN4O6/c35-16-17-45-33-29(36)26-15-14-25(20-27(26)32(43)46-33)37-31(42)28(18-21-8-3-1-4-9-21)40-30(41)22-10-7-13-24(19-22)39-34(44)38-23-11-5-2-6-12-23/h1-15,19-20,28H,16-18H2,(H,37,42)(H,40,41)(H2,38,39,44)/t28-/m0/s1. The highest BCUT2D eigenvalue weighted by Gasteiger charge is 2.23. The predicted octanol–water partition coefficient (Wildman–Crippen LogP) is 6.84. The van der Waals surface area contributed by atoms with Gasteiger partial charge in [-0.25, -0.2) is 9.59 Å². The Kier molecular flexibility index (Phi) is 10.7. The lowest BCUT2D eigenvalue weighted by Crippen LogP contribution is -2.45. The number of anilines is 3. The summed E-state index contributed by atoms with van der Waals surface area (Å²) in [6.07, 6.45) is 0.186. The largest absolute Gasteiger partial charge is 0.463 e. The average Bonchev–Trinajstić information content (AvgIpc) is 3.06. The van der Waals surface area contributed by atoms with Gasteiger partial charge in [-0.2, -0.15) is 0 Å². The SMILES string of the molecule is O=C(Nc1ccccc1)Nc1cccc(C(=O)N[C@@H](Cc2ccccc2)C(=O)Nc2ccc3c(Cl)c(OCCBr)oc(=O)c3c2)c1. The topological polar surface area (TPSA) is 139 Å². The van der Waals surface area contributed by atoms with Crippen molar-refractivity contribution < 1.29 is 23.5 Å². The second-order valence-corrected chi connectivity index (χ2v) is 11.2. The summed E-state index contributed by atoms with van der Waals surface area (Å²) in [5, 5.41) is 12.2. The van der Waals surface area contributed by atoms with E-state index < -0.39 is 29.5 Å². The number of amides is 4. The van der Waals surface area contributed by atoms with Crippen molar-refractivity contribution in [1.82, 2.24) is 5.32 Å². The quantitative estimate of drug-likeness (QED) is 0.111. The fourth-order valence-corrected chi connectivity index (χ4v) is 5.00. The van der Waals surface area contributed by atoms with Crippen LogP contribution in [0.15, 0.2) is 112 Å². The molecular formula is C34H28BrClN4O6. The number of hydrogen-bond acceptors (Lipinski definition) is 6. The second-order valence-electron chi connectivity index (χ2n) is 10.0. The van der Waals surface area contributed by atoms with E-state index in [2.05, 4.69) is 37.2 Å². The van der Waals surface area contributed by atoms with Crippen LogP contribution in [0.1, 0.15) is 15.9 Å². The number of para-hydroxylation sites is 1. The van der Waals surface area contributed by atoms with E-state index in [1.807, 2.05) is 36.4 Å². The van der Waals surface area contributed by atoms with Gasteiger partial charge < -0.3 is 30.4 Å². The minimum Gasteiger partial charge on any atom is -0.463 e. The van der Waals surface area contributed by atoms with E-state index in [0.717, 1.165) is 5.56 Å². The Labute approximate surface area is 277 Å². The van der Waals surface area contributed by atoms with Gasteiger partial charge in [-0.1, -0.05) is 88.2 Å². The van der Waals surface area contributed by atoms with Gasteiger partial charge in [0.1, 0.15) is 17.7 Å². The molecule has 1 heterocycles. The van der Waals surface area contributed by atoms with E-state index in [9.17, 15) is 19.2 Å². The smallest absolute Gasteiger partial charge is 0.346 e. The summed E-state index contributed by atoms with van der Waals surface area (Å²) in [5.41, 5.74) is 1.68. The second kappa shape index (κ2) is 15.2. The number of alkyl halides is 1. The average molecular weight is 704 g/mol. The van der Waals surface area contributed by atoms with Crippen molar-refractivity contribution in [3.8, 4) is 5.95 Å². The molecule has 0 unspecified atom stereocenters. The van der Waals surface area contributed by atoms with Gasteiger partial charge in [0.2, 0.25) is 5.91 Å². The van der Waals surface area contributed by atoms with E-state index in [4.69, 9.17) is 20.8 Å². The molecule has 0 fully saturated rings. The molecule has 0 bridgehead atoms. The van der Waals surface area contributed by atoms with E-state index in [1.165, 1.54) is 12.1 Å². The zero-order chi connectivity index (χ0) is 32.5. The number of fused-ring (bicyclic) bond motifs is 1. The van der Waals surface area contributed by atoms with Gasteiger partial charge in [0.15, 0.2) is 0 Å². The molecule has 0 aliphatic carbocycles. The molecule has 0 saturated carbocycles. The molecule has 0 aliphatic heterocycles. The number of ether oxygens (including phenoxy) is 1. The van der Waals surface area contributed by atoms with Crippen LogP contribution in [0.5, 0.6) is 5.95 Å². The maximum absolute atomic E-state index is 13.6. The third-order valence-corrected chi connectivity index (χ3v) is 7.42. The lowest BCUT2D eigenvalue weighted by Gasteiger charge is -2.19. The number of rotatable bonds is 11. The Balaban J connectivity index is 1.33. The van der Waals surface area contributed by atoms with Crippen LogP contribution in [0, 0.1) is 0 Å². The van der Waals surface area contributed by atoms with Crippen LogP contribution >= 0.6 is 27.5 Å². The summed E-state index contributed by atoms with van der Waals surface area (Å²) in [5.74, 6) is -1.12. The van der Waals surface area contributed by atoms with Gasteiger partial charge in [0.05, 0.1) is 5.39 Å². The summed E-state index contributed by atoms with van der Waals surface area (Å²) in [6.45, 7) is 0.251. The lowest BCUT2D eigenvalue weighted by atomic mass is 10.0. The van der Waals surface area contributed by atoms with Crippen LogP contribution in [-0.4, -0.2) is 35.8 Å². The number of hydrogen-bond donors (Lipinski definition) is 4. The molecule has 234 valence electrons. The summed E-state index contributed by atoms with van der Waals surface area (Å²) in [6, 6.07) is 27.7.